The highest BCUT2D eigenvalue weighted by Crippen LogP contribution is 2.15. The summed E-state index contributed by atoms with van der Waals surface area (Å²) in [5.74, 6) is 0.141. The second-order valence-electron chi connectivity index (χ2n) is 7.84. The molecule has 1 heterocycles. The number of primary amides is 1. The van der Waals surface area contributed by atoms with Crippen LogP contribution in [0.5, 0.6) is 5.75 Å². The number of ether oxygens (including phenoxy) is 2. The van der Waals surface area contributed by atoms with E-state index in [0.29, 0.717) is 12.3 Å². The van der Waals surface area contributed by atoms with Crippen LogP contribution in [0.25, 0.3) is 0 Å². The number of hydrogen-bond acceptors (Lipinski definition) is 5. The molecule has 1 aliphatic heterocycles. The van der Waals surface area contributed by atoms with E-state index >= 15 is 0 Å². The zero-order chi connectivity index (χ0) is 22.1. The molecule has 0 spiro atoms. The number of nitrogens with two attached hydrogens (primary N) is 1. The molecule has 7 nitrogen and oxygen atoms in total. The van der Waals surface area contributed by atoms with Crippen LogP contribution < -0.4 is 10.5 Å². The van der Waals surface area contributed by atoms with Crippen molar-refractivity contribution < 1.29 is 19.1 Å². The predicted molar refractivity (Wildman–Crippen MR) is 119 cm³/mol. The summed E-state index contributed by atoms with van der Waals surface area (Å²) in [4.78, 5) is 28.4. The molecule has 0 aromatic heterocycles. The maximum atomic E-state index is 13.1. The zero-order valence-corrected chi connectivity index (χ0v) is 18.0. The van der Waals surface area contributed by atoms with Gasteiger partial charge in [0.1, 0.15) is 5.75 Å². The molecule has 166 valence electrons. The number of amides is 2. The Labute approximate surface area is 183 Å². The molecule has 7 heteroatoms. The molecule has 0 saturated carbocycles. The summed E-state index contributed by atoms with van der Waals surface area (Å²) in [6.45, 7) is 6.58. The minimum absolute atomic E-state index is 0.0346. The van der Waals surface area contributed by atoms with Crippen molar-refractivity contribution in [2.45, 2.75) is 25.9 Å². The van der Waals surface area contributed by atoms with Crippen molar-refractivity contribution in [3.8, 4) is 5.75 Å². The standard InChI is InChI=1S/C24H31N3O4/c1-19(16-26-11-13-30-14-12-26)27(17-21-5-3-2-4-6-21)24(29)18-31-22-9-7-20(8-10-22)15-23(25)28/h2-10,19H,11-18H2,1H3,(H2,25,28). The van der Waals surface area contributed by atoms with Gasteiger partial charge in [-0.25, -0.2) is 0 Å². The van der Waals surface area contributed by atoms with Crippen LogP contribution >= 0.6 is 0 Å². The molecule has 1 aliphatic rings. The summed E-state index contributed by atoms with van der Waals surface area (Å²) in [6, 6.07) is 17.1. The van der Waals surface area contributed by atoms with E-state index in [2.05, 4.69) is 11.8 Å². The predicted octanol–water partition coefficient (Wildman–Crippen LogP) is 1.84. The molecule has 2 aromatic carbocycles. The van der Waals surface area contributed by atoms with Crippen LogP contribution in [0.2, 0.25) is 0 Å². The average molecular weight is 426 g/mol. The highest BCUT2D eigenvalue weighted by molar-refractivity contribution is 5.78. The third kappa shape index (κ3) is 7.38. The fourth-order valence-corrected chi connectivity index (χ4v) is 3.66. The third-order valence-electron chi connectivity index (χ3n) is 5.34. The highest BCUT2D eigenvalue weighted by atomic mass is 16.5. The van der Waals surface area contributed by atoms with Gasteiger partial charge in [-0.2, -0.15) is 0 Å². The van der Waals surface area contributed by atoms with E-state index in [4.69, 9.17) is 15.2 Å². The maximum absolute atomic E-state index is 13.1. The van der Waals surface area contributed by atoms with Gasteiger partial charge in [-0.15, -0.1) is 0 Å². The Morgan fingerprint density at radius 2 is 1.74 bits per heavy atom. The second kappa shape index (κ2) is 11.5. The van der Waals surface area contributed by atoms with Gasteiger partial charge in [0, 0.05) is 32.2 Å². The van der Waals surface area contributed by atoms with Gasteiger partial charge in [-0.1, -0.05) is 42.5 Å². The van der Waals surface area contributed by atoms with Gasteiger partial charge in [-0.05, 0) is 30.2 Å². The molecule has 0 radical (unpaired) electrons. The Balaban J connectivity index is 1.62. The Hall–Kier alpha value is -2.90. The fraction of sp³-hybridized carbons (Fsp3) is 0.417. The monoisotopic (exact) mass is 425 g/mol. The molecular formula is C24H31N3O4. The molecule has 1 fully saturated rings. The van der Waals surface area contributed by atoms with Gasteiger partial charge in [0.05, 0.1) is 19.6 Å². The van der Waals surface area contributed by atoms with Crippen molar-refractivity contribution in [3.63, 3.8) is 0 Å². The molecule has 31 heavy (non-hydrogen) atoms. The van der Waals surface area contributed by atoms with E-state index < -0.39 is 0 Å². The number of morpholine rings is 1. The van der Waals surface area contributed by atoms with Crippen LogP contribution in [-0.4, -0.2) is 67.1 Å². The van der Waals surface area contributed by atoms with Crippen LogP contribution in [0.4, 0.5) is 0 Å². The minimum Gasteiger partial charge on any atom is -0.484 e. The Morgan fingerprint density at radius 3 is 2.39 bits per heavy atom. The summed E-state index contributed by atoms with van der Waals surface area (Å²) >= 11 is 0. The Morgan fingerprint density at radius 1 is 1.06 bits per heavy atom. The van der Waals surface area contributed by atoms with Gasteiger partial charge < -0.3 is 20.1 Å². The van der Waals surface area contributed by atoms with Crippen molar-refractivity contribution in [1.29, 1.82) is 0 Å². The van der Waals surface area contributed by atoms with Crippen LogP contribution in [0, 0.1) is 0 Å². The maximum Gasteiger partial charge on any atom is 0.261 e. The number of carbonyl (C=O) groups excluding carboxylic acids is 2. The molecule has 2 N–H and O–H groups in total. The lowest BCUT2D eigenvalue weighted by Crippen LogP contribution is -2.49. The number of carbonyl (C=O) groups is 2. The summed E-state index contributed by atoms with van der Waals surface area (Å²) in [7, 11) is 0. The fourth-order valence-electron chi connectivity index (χ4n) is 3.66. The largest absolute Gasteiger partial charge is 0.484 e. The zero-order valence-electron chi connectivity index (χ0n) is 18.0. The second-order valence-corrected chi connectivity index (χ2v) is 7.84. The first kappa shape index (κ1) is 22.8. The summed E-state index contributed by atoms with van der Waals surface area (Å²) in [6.07, 6.45) is 0.184. The van der Waals surface area contributed by atoms with E-state index in [-0.39, 0.29) is 30.9 Å². The topological polar surface area (TPSA) is 85.1 Å². The summed E-state index contributed by atoms with van der Waals surface area (Å²) in [5.41, 5.74) is 7.12. The first-order chi connectivity index (χ1) is 15.0. The first-order valence-corrected chi connectivity index (χ1v) is 10.6. The SMILES string of the molecule is CC(CN1CCOCC1)N(Cc1ccccc1)C(=O)COc1ccc(CC(N)=O)cc1. The third-order valence-corrected chi connectivity index (χ3v) is 5.34. The van der Waals surface area contributed by atoms with Crippen LogP contribution in [0.3, 0.4) is 0 Å². The van der Waals surface area contributed by atoms with E-state index in [0.717, 1.165) is 44.0 Å². The first-order valence-electron chi connectivity index (χ1n) is 10.6. The van der Waals surface area contributed by atoms with Gasteiger partial charge in [0.2, 0.25) is 5.91 Å². The molecule has 1 saturated heterocycles. The van der Waals surface area contributed by atoms with Gasteiger partial charge >= 0.3 is 0 Å². The van der Waals surface area contributed by atoms with Crippen molar-refractivity contribution in [1.82, 2.24) is 9.80 Å². The smallest absolute Gasteiger partial charge is 0.261 e. The molecule has 2 amide bonds. The number of hydrogen-bond donors (Lipinski definition) is 1. The van der Waals surface area contributed by atoms with Crippen molar-refractivity contribution in [2.75, 3.05) is 39.5 Å². The minimum atomic E-state index is -0.380. The number of rotatable bonds is 10. The molecule has 0 aliphatic carbocycles. The number of nitrogens with zero attached hydrogens (tertiary/aromatic N) is 2. The molecule has 1 unspecified atom stereocenters. The van der Waals surface area contributed by atoms with Crippen LogP contribution in [0.1, 0.15) is 18.1 Å². The lowest BCUT2D eigenvalue weighted by Gasteiger charge is -2.35. The Bertz CT molecular complexity index is 836. The molecular weight excluding hydrogens is 394 g/mol. The van der Waals surface area contributed by atoms with E-state index in [1.54, 1.807) is 24.3 Å². The van der Waals surface area contributed by atoms with Gasteiger partial charge in [0.15, 0.2) is 6.61 Å². The quantitative estimate of drug-likeness (QED) is 0.628. The lowest BCUT2D eigenvalue weighted by molar-refractivity contribution is -0.136. The van der Waals surface area contributed by atoms with E-state index in [1.807, 2.05) is 35.2 Å². The molecule has 1 atom stereocenters. The van der Waals surface area contributed by atoms with Crippen LogP contribution in [-0.2, 0) is 27.3 Å². The average Bonchev–Trinajstić information content (AvgIpc) is 2.78. The Kier molecular flexibility index (Phi) is 8.44. The van der Waals surface area contributed by atoms with Gasteiger partial charge in [-0.3, -0.25) is 14.5 Å². The molecule has 0 bridgehead atoms. The normalized spacial score (nSPS) is 15.3. The molecule has 2 aromatic rings. The van der Waals surface area contributed by atoms with E-state index in [1.165, 1.54) is 0 Å². The van der Waals surface area contributed by atoms with Gasteiger partial charge in [0.25, 0.3) is 5.91 Å². The van der Waals surface area contributed by atoms with Crippen molar-refractivity contribution in [3.05, 3.63) is 65.7 Å². The molecule has 3 rings (SSSR count). The lowest BCUT2D eigenvalue weighted by atomic mass is 10.1. The van der Waals surface area contributed by atoms with E-state index in [9.17, 15) is 9.59 Å². The number of benzene rings is 2. The summed E-state index contributed by atoms with van der Waals surface area (Å²) in [5, 5.41) is 0. The van der Waals surface area contributed by atoms with Crippen molar-refractivity contribution in [2.24, 2.45) is 5.73 Å². The summed E-state index contributed by atoms with van der Waals surface area (Å²) < 4.78 is 11.2. The highest BCUT2D eigenvalue weighted by Gasteiger charge is 2.24. The van der Waals surface area contributed by atoms with Crippen molar-refractivity contribution >= 4 is 11.8 Å². The van der Waals surface area contributed by atoms with Crippen LogP contribution in [0.15, 0.2) is 54.6 Å².